The number of halogens is 1. The Morgan fingerprint density at radius 3 is 2.38 bits per heavy atom. The SMILES string of the molecule is COC1CCC(C(C)(C)NC(=O)CCl)CC1. The van der Waals surface area contributed by atoms with E-state index in [1.165, 1.54) is 0 Å². The van der Waals surface area contributed by atoms with Crippen molar-refractivity contribution < 1.29 is 9.53 Å². The highest BCUT2D eigenvalue weighted by Crippen LogP contribution is 2.33. The van der Waals surface area contributed by atoms with Crippen molar-refractivity contribution in [3.8, 4) is 0 Å². The van der Waals surface area contributed by atoms with Crippen LogP contribution < -0.4 is 5.32 Å². The Hall–Kier alpha value is -0.280. The first-order valence-corrected chi connectivity index (χ1v) is 6.43. The second kappa shape index (κ2) is 5.87. The molecule has 0 atom stereocenters. The highest BCUT2D eigenvalue weighted by Gasteiger charge is 2.34. The zero-order valence-corrected chi connectivity index (χ0v) is 11.1. The molecule has 16 heavy (non-hydrogen) atoms. The normalized spacial score (nSPS) is 26.5. The fourth-order valence-corrected chi connectivity index (χ4v) is 2.58. The summed E-state index contributed by atoms with van der Waals surface area (Å²) >= 11 is 5.51. The van der Waals surface area contributed by atoms with Crippen molar-refractivity contribution in [2.75, 3.05) is 13.0 Å². The second-order valence-corrected chi connectivity index (χ2v) is 5.38. The molecule has 1 amide bonds. The highest BCUT2D eigenvalue weighted by atomic mass is 35.5. The molecule has 0 aromatic heterocycles. The zero-order valence-electron chi connectivity index (χ0n) is 10.4. The number of rotatable bonds is 4. The number of amides is 1. The number of carbonyl (C=O) groups excluding carboxylic acids is 1. The summed E-state index contributed by atoms with van der Waals surface area (Å²) in [5.41, 5.74) is -0.162. The molecule has 4 heteroatoms. The third-order valence-electron chi connectivity index (χ3n) is 3.61. The Morgan fingerprint density at radius 2 is 1.94 bits per heavy atom. The predicted octanol–water partition coefficient (Wildman–Crippen LogP) is 2.33. The van der Waals surface area contributed by atoms with Crippen molar-refractivity contribution in [1.82, 2.24) is 5.32 Å². The molecule has 1 N–H and O–H groups in total. The minimum atomic E-state index is -0.162. The van der Waals surface area contributed by atoms with Gasteiger partial charge in [-0.1, -0.05) is 0 Å². The van der Waals surface area contributed by atoms with E-state index in [4.69, 9.17) is 16.3 Å². The summed E-state index contributed by atoms with van der Waals surface area (Å²) in [6.07, 6.45) is 4.78. The molecule has 94 valence electrons. The predicted molar refractivity (Wildman–Crippen MR) is 65.7 cm³/mol. The van der Waals surface area contributed by atoms with Gasteiger partial charge in [-0.15, -0.1) is 11.6 Å². The molecule has 1 aliphatic rings. The van der Waals surface area contributed by atoms with Gasteiger partial charge in [0.1, 0.15) is 5.88 Å². The Kier molecular flexibility index (Phi) is 5.06. The van der Waals surface area contributed by atoms with Gasteiger partial charge in [0, 0.05) is 12.6 Å². The van der Waals surface area contributed by atoms with Crippen LogP contribution in [0.5, 0.6) is 0 Å². The van der Waals surface area contributed by atoms with E-state index in [1.807, 2.05) is 0 Å². The average Bonchev–Trinajstić information content (AvgIpc) is 2.28. The van der Waals surface area contributed by atoms with E-state index in [2.05, 4.69) is 19.2 Å². The first-order chi connectivity index (χ1) is 7.49. The summed E-state index contributed by atoms with van der Waals surface area (Å²) in [5.74, 6) is 0.475. The van der Waals surface area contributed by atoms with E-state index in [9.17, 15) is 4.79 Å². The molecule has 0 aliphatic heterocycles. The molecular weight excluding hydrogens is 226 g/mol. The van der Waals surface area contributed by atoms with Gasteiger partial charge in [0.15, 0.2) is 0 Å². The van der Waals surface area contributed by atoms with Crippen LogP contribution in [0.2, 0.25) is 0 Å². The van der Waals surface area contributed by atoms with Crippen LogP contribution in [0.1, 0.15) is 39.5 Å². The van der Waals surface area contributed by atoms with Crippen LogP contribution in [-0.2, 0) is 9.53 Å². The maximum absolute atomic E-state index is 11.3. The van der Waals surface area contributed by atoms with E-state index in [1.54, 1.807) is 7.11 Å². The molecular formula is C12H22ClNO2. The van der Waals surface area contributed by atoms with Gasteiger partial charge in [-0.3, -0.25) is 4.79 Å². The number of ether oxygens (including phenoxy) is 1. The summed E-state index contributed by atoms with van der Waals surface area (Å²) in [5, 5.41) is 3.00. The minimum absolute atomic E-state index is 0.0385. The summed E-state index contributed by atoms with van der Waals surface area (Å²) in [4.78, 5) is 11.3. The van der Waals surface area contributed by atoms with E-state index < -0.39 is 0 Å². The smallest absolute Gasteiger partial charge is 0.235 e. The van der Waals surface area contributed by atoms with E-state index in [0.29, 0.717) is 12.0 Å². The number of methoxy groups -OCH3 is 1. The monoisotopic (exact) mass is 247 g/mol. The third kappa shape index (κ3) is 3.63. The maximum atomic E-state index is 11.3. The summed E-state index contributed by atoms with van der Waals surface area (Å²) in [7, 11) is 1.77. The number of carbonyl (C=O) groups is 1. The highest BCUT2D eigenvalue weighted by molar-refractivity contribution is 6.27. The molecule has 0 heterocycles. The largest absolute Gasteiger partial charge is 0.381 e. The van der Waals surface area contributed by atoms with Gasteiger partial charge < -0.3 is 10.1 Å². The fourth-order valence-electron chi connectivity index (χ4n) is 2.52. The van der Waals surface area contributed by atoms with E-state index in [0.717, 1.165) is 25.7 Å². The Morgan fingerprint density at radius 1 is 1.38 bits per heavy atom. The number of hydrogen-bond acceptors (Lipinski definition) is 2. The van der Waals surface area contributed by atoms with Gasteiger partial charge in [0.2, 0.25) is 5.91 Å². The average molecular weight is 248 g/mol. The lowest BCUT2D eigenvalue weighted by atomic mass is 9.76. The molecule has 0 aromatic carbocycles. The van der Waals surface area contributed by atoms with E-state index in [-0.39, 0.29) is 17.3 Å². The maximum Gasteiger partial charge on any atom is 0.235 e. The lowest BCUT2D eigenvalue weighted by Crippen LogP contribution is -2.50. The Labute approximate surface area is 103 Å². The van der Waals surface area contributed by atoms with E-state index >= 15 is 0 Å². The van der Waals surface area contributed by atoms with Crippen molar-refractivity contribution in [2.45, 2.75) is 51.2 Å². The van der Waals surface area contributed by atoms with Crippen LogP contribution in [0.3, 0.4) is 0 Å². The lowest BCUT2D eigenvalue weighted by molar-refractivity contribution is -0.121. The number of alkyl halides is 1. The van der Waals surface area contributed by atoms with Gasteiger partial charge in [-0.05, 0) is 45.4 Å². The lowest BCUT2D eigenvalue weighted by Gasteiger charge is -2.39. The second-order valence-electron chi connectivity index (χ2n) is 5.11. The van der Waals surface area contributed by atoms with Crippen LogP contribution in [-0.4, -0.2) is 30.5 Å². The third-order valence-corrected chi connectivity index (χ3v) is 3.85. The van der Waals surface area contributed by atoms with Crippen LogP contribution in [0.25, 0.3) is 0 Å². The van der Waals surface area contributed by atoms with Gasteiger partial charge in [0.05, 0.1) is 6.10 Å². The molecule has 0 unspecified atom stereocenters. The molecule has 1 aliphatic carbocycles. The van der Waals surface area contributed by atoms with Gasteiger partial charge in [0.25, 0.3) is 0 Å². The standard InChI is InChI=1S/C12H22ClNO2/c1-12(2,14-11(15)8-13)9-4-6-10(16-3)7-5-9/h9-10H,4-8H2,1-3H3,(H,14,15). The summed E-state index contributed by atoms with van der Waals surface area (Å²) < 4.78 is 5.35. The number of hydrogen-bond donors (Lipinski definition) is 1. The molecule has 0 bridgehead atoms. The Balaban J connectivity index is 2.47. The summed E-state index contributed by atoms with van der Waals surface area (Å²) in [6.45, 7) is 4.16. The topological polar surface area (TPSA) is 38.3 Å². The number of nitrogens with one attached hydrogen (secondary N) is 1. The summed E-state index contributed by atoms with van der Waals surface area (Å²) in [6, 6.07) is 0. The van der Waals surface area contributed by atoms with Crippen LogP contribution >= 0.6 is 11.6 Å². The van der Waals surface area contributed by atoms with Crippen molar-refractivity contribution in [1.29, 1.82) is 0 Å². The van der Waals surface area contributed by atoms with Crippen LogP contribution in [0.15, 0.2) is 0 Å². The van der Waals surface area contributed by atoms with Crippen molar-refractivity contribution >= 4 is 17.5 Å². The molecule has 1 saturated carbocycles. The first kappa shape index (κ1) is 13.8. The quantitative estimate of drug-likeness (QED) is 0.775. The first-order valence-electron chi connectivity index (χ1n) is 5.89. The molecule has 0 radical (unpaired) electrons. The molecule has 1 rings (SSSR count). The van der Waals surface area contributed by atoms with Crippen LogP contribution in [0, 0.1) is 5.92 Å². The minimum Gasteiger partial charge on any atom is -0.381 e. The van der Waals surface area contributed by atoms with Crippen LogP contribution in [0.4, 0.5) is 0 Å². The molecule has 0 spiro atoms. The van der Waals surface area contributed by atoms with Gasteiger partial charge in [-0.2, -0.15) is 0 Å². The molecule has 1 fully saturated rings. The van der Waals surface area contributed by atoms with Crippen molar-refractivity contribution in [3.63, 3.8) is 0 Å². The molecule has 0 aromatic rings. The fraction of sp³-hybridized carbons (Fsp3) is 0.917. The van der Waals surface area contributed by atoms with Crippen molar-refractivity contribution in [3.05, 3.63) is 0 Å². The molecule has 0 saturated heterocycles. The van der Waals surface area contributed by atoms with Gasteiger partial charge >= 0.3 is 0 Å². The van der Waals surface area contributed by atoms with Crippen molar-refractivity contribution in [2.24, 2.45) is 5.92 Å². The zero-order chi connectivity index (χ0) is 12.2. The van der Waals surface area contributed by atoms with Gasteiger partial charge in [-0.25, -0.2) is 0 Å². The molecule has 3 nitrogen and oxygen atoms in total. The Bertz CT molecular complexity index is 235.